The first-order valence-corrected chi connectivity index (χ1v) is 8.85. The van der Waals surface area contributed by atoms with E-state index in [1.54, 1.807) is 24.3 Å². The first-order chi connectivity index (χ1) is 11.9. The van der Waals surface area contributed by atoms with Crippen molar-refractivity contribution in [3.8, 4) is 5.75 Å². The van der Waals surface area contributed by atoms with E-state index in [4.69, 9.17) is 4.74 Å². The summed E-state index contributed by atoms with van der Waals surface area (Å²) in [5.41, 5.74) is 1.33. The quantitative estimate of drug-likeness (QED) is 0.558. The highest BCUT2D eigenvalue weighted by Gasteiger charge is 2.08. The molecule has 2 aromatic carbocycles. The third kappa shape index (κ3) is 6.60. The average Bonchev–Trinajstić information content (AvgIpc) is 2.59. The van der Waals surface area contributed by atoms with Gasteiger partial charge in [-0.2, -0.15) is 0 Å². The Hall–Kier alpha value is -2.31. The Labute approximate surface area is 151 Å². The van der Waals surface area contributed by atoms with Gasteiger partial charge in [0.05, 0.1) is 6.10 Å². The zero-order valence-electron chi connectivity index (χ0n) is 14.2. The second kappa shape index (κ2) is 9.25. The normalized spacial score (nSPS) is 11.6. The summed E-state index contributed by atoms with van der Waals surface area (Å²) in [4.78, 5) is 23.3. The third-order valence-corrected chi connectivity index (χ3v) is 4.46. The Morgan fingerprint density at radius 3 is 2.52 bits per heavy atom. The maximum absolute atomic E-state index is 11.3. The van der Waals surface area contributed by atoms with Crippen LogP contribution in [0.2, 0.25) is 0 Å². The number of nitrogens with one attached hydrogen (secondary N) is 1. The molecule has 0 saturated heterocycles. The van der Waals surface area contributed by atoms with Gasteiger partial charge in [0.1, 0.15) is 12.4 Å². The molecule has 0 aliphatic heterocycles. The second-order valence-corrected chi connectivity index (χ2v) is 6.66. The fourth-order valence-electron chi connectivity index (χ4n) is 2.08. The van der Waals surface area contributed by atoms with Crippen molar-refractivity contribution in [2.45, 2.75) is 24.8 Å². The van der Waals surface area contributed by atoms with Gasteiger partial charge in [-0.3, -0.25) is 9.59 Å². The zero-order chi connectivity index (χ0) is 18.2. The lowest BCUT2D eigenvalue weighted by atomic mass is 10.1. The number of aliphatic hydroxyl groups is 1. The topological polar surface area (TPSA) is 75.6 Å². The monoisotopic (exact) mass is 359 g/mol. The van der Waals surface area contributed by atoms with Crippen LogP contribution in [-0.4, -0.2) is 35.3 Å². The predicted molar refractivity (Wildman–Crippen MR) is 99.4 cm³/mol. The van der Waals surface area contributed by atoms with Crippen LogP contribution in [0.5, 0.6) is 5.75 Å². The second-order valence-electron chi connectivity index (χ2n) is 5.57. The van der Waals surface area contributed by atoms with Gasteiger partial charge >= 0.3 is 0 Å². The SMILES string of the molecule is CC(=O)Nc1ccc(SC[C@@H](O)COc2cccc(C(C)=O)c2)cc1. The Morgan fingerprint density at radius 2 is 1.88 bits per heavy atom. The minimum Gasteiger partial charge on any atom is -0.491 e. The van der Waals surface area contributed by atoms with Crippen molar-refractivity contribution in [2.24, 2.45) is 0 Å². The van der Waals surface area contributed by atoms with Gasteiger partial charge < -0.3 is 15.2 Å². The number of anilines is 1. The summed E-state index contributed by atoms with van der Waals surface area (Å²) >= 11 is 1.50. The van der Waals surface area contributed by atoms with Gasteiger partial charge in [-0.05, 0) is 43.3 Å². The van der Waals surface area contributed by atoms with Crippen molar-refractivity contribution in [1.29, 1.82) is 0 Å². The van der Waals surface area contributed by atoms with Crippen LogP contribution in [0.25, 0.3) is 0 Å². The average molecular weight is 359 g/mol. The van der Waals surface area contributed by atoms with Gasteiger partial charge in [-0.1, -0.05) is 12.1 Å². The lowest BCUT2D eigenvalue weighted by molar-refractivity contribution is -0.114. The van der Waals surface area contributed by atoms with E-state index in [9.17, 15) is 14.7 Å². The molecule has 0 spiro atoms. The molecule has 1 amide bonds. The van der Waals surface area contributed by atoms with Crippen LogP contribution in [0, 0.1) is 0 Å². The number of ether oxygens (including phenoxy) is 1. The number of carbonyl (C=O) groups is 2. The molecular weight excluding hydrogens is 338 g/mol. The van der Waals surface area contributed by atoms with E-state index in [0.29, 0.717) is 17.1 Å². The maximum atomic E-state index is 11.3. The van der Waals surface area contributed by atoms with E-state index in [1.165, 1.54) is 25.6 Å². The van der Waals surface area contributed by atoms with Crippen molar-refractivity contribution in [1.82, 2.24) is 0 Å². The lowest BCUT2D eigenvalue weighted by Crippen LogP contribution is -2.20. The number of carbonyl (C=O) groups excluding carboxylic acids is 2. The molecule has 0 heterocycles. The van der Waals surface area contributed by atoms with Crippen molar-refractivity contribution in [2.75, 3.05) is 17.7 Å². The smallest absolute Gasteiger partial charge is 0.221 e. The molecule has 0 bridgehead atoms. The number of benzene rings is 2. The standard InChI is InChI=1S/C19H21NO4S/c1-13(21)15-4-3-5-18(10-15)24-11-17(23)12-25-19-8-6-16(7-9-19)20-14(2)22/h3-10,17,23H,11-12H2,1-2H3,(H,20,22)/t17-/m0/s1. The van der Waals surface area contributed by atoms with Gasteiger partial charge in [-0.25, -0.2) is 0 Å². The summed E-state index contributed by atoms with van der Waals surface area (Å²) in [5, 5.41) is 12.8. The highest BCUT2D eigenvalue weighted by molar-refractivity contribution is 7.99. The summed E-state index contributed by atoms with van der Waals surface area (Å²) < 4.78 is 5.55. The van der Waals surface area contributed by atoms with Crippen LogP contribution >= 0.6 is 11.8 Å². The number of amides is 1. The predicted octanol–water partition coefficient (Wildman–Crippen LogP) is 3.38. The van der Waals surface area contributed by atoms with E-state index >= 15 is 0 Å². The number of hydrogen-bond acceptors (Lipinski definition) is 5. The molecule has 0 fully saturated rings. The van der Waals surface area contributed by atoms with Gasteiger partial charge in [0.25, 0.3) is 0 Å². The molecule has 25 heavy (non-hydrogen) atoms. The van der Waals surface area contributed by atoms with E-state index in [0.717, 1.165) is 10.6 Å². The molecule has 1 atom stereocenters. The van der Waals surface area contributed by atoms with Crippen molar-refractivity contribution >= 4 is 29.1 Å². The lowest BCUT2D eigenvalue weighted by Gasteiger charge is -2.13. The molecule has 6 heteroatoms. The molecule has 0 saturated carbocycles. The summed E-state index contributed by atoms with van der Waals surface area (Å²) in [6.45, 7) is 3.12. The fraction of sp³-hybridized carbons (Fsp3) is 0.263. The molecule has 0 aromatic heterocycles. The Morgan fingerprint density at radius 1 is 1.16 bits per heavy atom. The van der Waals surface area contributed by atoms with Crippen LogP contribution < -0.4 is 10.1 Å². The molecule has 2 N–H and O–H groups in total. The van der Waals surface area contributed by atoms with E-state index in [1.807, 2.05) is 24.3 Å². The summed E-state index contributed by atoms with van der Waals surface area (Å²) in [6, 6.07) is 14.3. The third-order valence-electron chi connectivity index (χ3n) is 3.30. The van der Waals surface area contributed by atoms with E-state index < -0.39 is 6.10 Å². The summed E-state index contributed by atoms with van der Waals surface area (Å²) in [5.74, 6) is 0.911. The maximum Gasteiger partial charge on any atom is 0.221 e. The number of ketones is 1. The molecule has 132 valence electrons. The molecular formula is C19H21NO4S. The number of hydrogen-bond donors (Lipinski definition) is 2. The Balaban J connectivity index is 1.78. The highest BCUT2D eigenvalue weighted by atomic mass is 32.2. The number of rotatable bonds is 8. The minimum atomic E-state index is -0.638. The van der Waals surface area contributed by atoms with Gasteiger partial charge in [-0.15, -0.1) is 11.8 Å². The minimum absolute atomic E-state index is 0.0238. The molecule has 2 rings (SSSR count). The molecule has 5 nitrogen and oxygen atoms in total. The molecule has 0 radical (unpaired) electrons. The van der Waals surface area contributed by atoms with Gasteiger partial charge in [0.2, 0.25) is 5.91 Å². The van der Waals surface area contributed by atoms with Crippen LogP contribution in [0.3, 0.4) is 0 Å². The summed E-state index contributed by atoms with van der Waals surface area (Å²) in [6.07, 6.45) is -0.638. The zero-order valence-corrected chi connectivity index (χ0v) is 15.0. The number of aliphatic hydroxyl groups excluding tert-OH is 1. The molecule has 2 aromatic rings. The highest BCUT2D eigenvalue weighted by Crippen LogP contribution is 2.21. The number of Topliss-reactive ketones (excluding diaryl/α,β-unsaturated/α-hetero) is 1. The largest absolute Gasteiger partial charge is 0.491 e. The van der Waals surface area contributed by atoms with Crippen LogP contribution in [-0.2, 0) is 4.79 Å². The summed E-state index contributed by atoms with van der Waals surface area (Å²) in [7, 11) is 0. The fourth-order valence-corrected chi connectivity index (χ4v) is 2.89. The van der Waals surface area contributed by atoms with Crippen molar-refractivity contribution < 1.29 is 19.4 Å². The molecule has 0 unspecified atom stereocenters. The molecule has 0 aliphatic carbocycles. The molecule has 0 aliphatic rings. The van der Waals surface area contributed by atoms with Crippen molar-refractivity contribution in [3.63, 3.8) is 0 Å². The van der Waals surface area contributed by atoms with E-state index in [2.05, 4.69) is 5.32 Å². The van der Waals surface area contributed by atoms with E-state index in [-0.39, 0.29) is 18.3 Å². The first kappa shape index (κ1) is 19.0. The number of thioether (sulfide) groups is 1. The Kier molecular flexibility index (Phi) is 7.03. The van der Waals surface area contributed by atoms with Crippen LogP contribution in [0.15, 0.2) is 53.4 Å². The van der Waals surface area contributed by atoms with Gasteiger partial charge in [0.15, 0.2) is 5.78 Å². The first-order valence-electron chi connectivity index (χ1n) is 7.86. The Bertz CT molecular complexity index is 730. The van der Waals surface area contributed by atoms with Crippen LogP contribution in [0.1, 0.15) is 24.2 Å². The van der Waals surface area contributed by atoms with Gasteiger partial charge in [0, 0.05) is 28.8 Å². The van der Waals surface area contributed by atoms with Crippen LogP contribution in [0.4, 0.5) is 5.69 Å². The van der Waals surface area contributed by atoms with Crippen molar-refractivity contribution in [3.05, 3.63) is 54.1 Å².